The maximum Gasteiger partial charge on any atom is 0.439 e. The first kappa shape index (κ1) is 20.2. The van der Waals surface area contributed by atoms with Gasteiger partial charge in [0.25, 0.3) is 0 Å². The minimum absolute atomic E-state index is 0.390. The van der Waals surface area contributed by atoms with Crippen molar-refractivity contribution in [3.05, 3.63) is 110 Å². The summed E-state index contributed by atoms with van der Waals surface area (Å²) in [5.41, 5.74) is 5.66. The van der Waals surface area contributed by atoms with E-state index in [0.29, 0.717) is 29.8 Å². The zero-order chi connectivity index (χ0) is 22.1. The molecule has 0 spiro atoms. The highest BCUT2D eigenvalue weighted by atomic mass is 35.5. The van der Waals surface area contributed by atoms with Crippen LogP contribution in [-0.4, -0.2) is 10.1 Å². The summed E-state index contributed by atoms with van der Waals surface area (Å²) in [4.78, 5) is 14.2. The number of aromatic amines is 1. The third-order valence-corrected chi connectivity index (χ3v) is 5.59. The van der Waals surface area contributed by atoms with E-state index in [0.717, 1.165) is 39.1 Å². The molecule has 1 aromatic heterocycles. The normalized spacial score (nSPS) is 14.1. The molecule has 2 heterocycles. The number of aromatic nitrogens is 2. The van der Waals surface area contributed by atoms with E-state index in [2.05, 4.69) is 22.3 Å². The average Bonchev–Trinajstić information content (AvgIpc) is 3.17. The van der Waals surface area contributed by atoms with Crippen molar-refractivity contribution in [3.63, 3.8) is 0 Å². The maximum atomic E-state index is 11.5. The van der Waals surface area contributed by atoms with Crippen molar-refractivity contribution in [1.82, 2.24) is 10.1 Å². The van der Waals surface area contributed by atoms with Crippen LogP contribution in [0, 0.1) is 0 Å². The number of para-hydroxylation sites is 1. The molecule has 0 saturated carbocycles. The van der Waals surface area contributed by atoms with Crippen LogP contribution in [-0.2, 0) is 13.2 Å². The predicted molar refractivity (Wildman–Crippen MR) is 122 cm³/mol. The Morgan fingerprint density at radius 3 is 2.78 bits per heavy atom. The fourth-order valence-electron chi connectivity index (χ4n) is 3.84. The summed E-state index contributed by atoms with van der Waals surface area (Å²) in [6.07, 6.45) is 0. The Kier molecular flexibility index (Phi) is 5.29. The van der Waals surface area contributed by atoms with Gasteiger partial charge in [-0.3, -0.25) is 9.51 Å². The number of nitrogens with zero attached hydrogens (tertiary/aromatic N) is 1. The Balaban J connectivity index is 1.56. The summed E-state index contributed by atoms with van der Waals surface area (Å²) in [6.45, 7) is 2.71. The molecule has 4 aromatic rings. The van der Waals surface area contributed by atoms with E-state index in [1.165, 1.54) is 0 Å². The topological polar surface area (TPSA) is 77.3 Å². The van der Waals surface area contributed by atoms with Gasteiger partial charge < -0.3 is 9.47 Å². The van der Waals surface area contributed by atoms with Crippen molar-refractivity contribution < 1.29 is 14.0 Å². The highest BCUT2D eigenvalue weighted by Gasteiger charge is 2.23. The highest BCUT2D eigenvalue weighted by molar-refractivity contribution is 6.30. The average molecular weight is 447 g/mol. The quantitative estimate of drug-likeness (QED) is 0.450. The minimum atomic E-state index is -0.591. The fraction of sp³-hybridized carbons (Fsp3) is 0.120. The van der Waals surface area contributed by atoms with E-state index in [1.54, 1.807) is 6.07 Å². The van der Waals surface area contributed by atoms with Crippen molar-refractivity contribution in [2.45, 2.75) is 20.1 Å². The molecule has 1 aliphatic heterocycles. The molecule has 7 heteroatoms. The Morgan fingerprint density at radius 1 is 1.09 bits per heavy atom. The lowest BCUT2D eigenvalue weighted by molar-refractivity contribution is 0.300. The Morgan fingerprint density at radius 2 is 1.97 bits per heavy atom. The van der Waals surface area contributed by atoms with Gasteiger partial charge in [0.1, 0.15) is 24.7 Å². The van der Waals surface area contributed by atoms with Crippen LogP contribution in [0.3, 0.4) is 0 Å². The number of allylic oxidation sites excluding steroid dienone is 1. The zero-order valence-electron chi connectivity index (χ0n) is 17.2. The van der Waals surface area contributed by atoms with Gasteiger partial charge in [0.15, 0.2) is 5.82 Å². The standard InChI is InChI=1S/C25H19ClN2O4/c1-15(24-27-25(29)32-28-24)23-20-10-9-16(13-30-19-6-4-5-18(26)12-19)11-17(20)14-31-22-8-3-2-7-21(22)23/h2-12H,13-14H2,1H3,(H,27,28,29)/b23-15-. The molecule has 5 rings (SSSR count). The largest absolute Gasteiger partial charge is 0.489 e. The van der Waals surface area contributed by atoms with Gasteiger partial charge in [-0.1, -0.05) is 53.2 Å². The third-order valence-electron chi connectivity index (χ3n) is 5.35. The van der Waals surface area contributed by atoms with E-state index in [-0.39, 0.29) is 0 Å². The molecule has 0 atom stereocenters. The van der Waals surface area contributed by atoms with Crippen molar-refractivity contribution in [2.75, 3.05) is 0 Å². The highest BCUT2D eigenvalue weighted by Crippen LogP contribution is 2.40. The van der Waals surface area contributed by atoms with E-state index in [9.17, 15) is 4.79 Å². The van der Waals surface area contributed by atoms with Crippen LogP contribution < -0.4 is 15.2 Å². The van der Waals surface area contributed by atoms with E-state index in [1.807, 2.05) is 55.5 Å². The number of hydrogen-bond donors (Lipinski definition) is 1. The van der Waals surface area contributed by atoms with Crippen LogP contribution in [0.5, 0.6) is 11.5 Å². The number of fused-ring (bicyclic) bond motifs is 2. The lowest BCUT2D eigenvalue weighted by Gasteiger charge is -2.14. The Hall–Kier alpha value is -3.77. The lowest BCUT2D eigenvalue weighted by atomic mass is 9.89. The molecule has 6 nitrogen and oxygen atoms in total. The zero-order valence-corrected chi connectivity index (χ0v) is 18.0. The van der Waals surface area contributed by atoms with Crippen molar-refractivity contribution >= 4 is 22.7 Å². The van der Waals surface area contributed by atoms with Crippen LogP contribution in [0.2, 0.25) is 5.02 Å². The number of ether oxygens (including phenoxy) is 2. The molecule has 3 aromatic carbocycles. The van der Waals surface area contributed by atoms with Gasteiger partial charge in [0, 0.05) is 16.2 Å². The van der Waals surface area contributed by atoms with E-state index < -0.39 is 5.76 Å². The van der Waals surface area contributed by atoms with Gasteiger partial charge in [-0.2, -0.15) is 0 Å². The van der Waals surface area contributed by atoms with Crippen LogP contribution in [0.4, 0.5) is 0 Å². The summed E-state index contributed by atoms with van der Waals surface area (Å²) in [5.74, 6) is 1.27. The third kappa shape index (κ3) is 3.92. The van der Waals surface area contributed by atoms with Crippen molar-refractivity contribution in [2.24, 2.45) is 0 Å². The maximum absolute atomic E-state index is 11.5. The fourth-order valence-corrected chi connectivity index (χ4v) is 4.02. The van der Waals surface area contributed by atoms with Gasteiger partial charge in [-0.25, -0.2) is 4.79 Å². The first-order valence-electron chi connectivity index (χ1n) is 10.1. The monoisotopic (exact) mass is 446 g/mol. The lowest BCUT2D eigenvalue weighted by Crippen LogP contribution is -2.02. The molecule has 0 fully saturated rings. The number of nitrogens with one attached hydrogen (secondary N) is 1. The summed E-state index contributed by atoms with van der Waals surface area (Å²) in [6, 6.07) is 21.3. The van der Waals surface area contributed by atoms with Crippen LogP contribution in [0.15, 0.2) is 76.0 Å². The number of benzene rings is 3. The first-order chi connectivity index (χ1) is 15.6. The summed E-state index contributed by atoms with van der Waals surface area (Å²) >= 11 is 6.05. The molecule has 1 aliphatic rings. The smallest absolute Gasteiger partial charge is 0.439 e. The molecule has 0 aliphatic carbocycles. The molecule has 0 saturated heterocycles. The Labute approximate surface area is 189 Å². The summed E-state index contributed by atoms with van der Waals surface area (Å²) < 4.78 is 16.8. The van der Waals surface area contributed by atoms with Crippen LogP contribution in [0.1, 0.15) is 35.0 Å². The molecule has 0 unspecified atom stereocenters. The molecule has 32 heavy (non-hydrogen) atoms. The molecular weight excluding hydrogens is 428 g/mol. The minimum Gasteiger partial charge on any atom is -0.489 e. The van der Waals surface area contributed by atoms with E-state index in [4.69, 9.17) is 25.6 Å². The molecule has 0 bridgehead atoms. The van der Waals surface area contributed by atoms with E-state index >= 15 is 0 Å². The summed E-state index contributed by atoms with van der Waals surface area (Å²) in [7, 11) is 0. The predicted octanol–water partition coefficient (Wildman–Crippen LogP) is 5.47. The number of rotatable bonds is 4. The van der Waals surface area contributed by atoms with Gasteiger partial charge in [-0.05, 0) is 59.5 Å². The van der Waals surface area contributed by atoms with Crippen LogP contribution >= 0.6 is 11.6 Å². The SMILES string of the molecule is C/C(=C1\c2ccc(COc3cccc(Cl)c3)cc2COc2ccccc21)c1noc(=O)[nH]1. The second-order valence-corrected chi connectivity index (χ2v) is 7.90. The molecule has 0 amide bonds. The molecule has 160 valence electrons. The second-order valence-electron chi connectivity index (χ2n) is 7.47. The van der Waals surface area contributed by atoms with Gasteiger partial charge in [-0.15, -0.1) is 0 Å². The van der Waals surface area contributed by atoms with Gasteiger partial charge >= 0.3 is 5.76 Å². The number of halogens is 1. The molecule has 1 N–H and O–H groups in total. The van der Waals surface area contributed by atoms with Crippen molar-refractivity contribution in [3.8, 4) is 11.5 Å². The van der Waals surface area contributed by atoms with Gasteiger partial charge in [0.05, 0.1) is 0 Å². The summed E-state index contributed by atoms with van der Waals surface area (Å²) in [5, 5.41) is 4.51. The number of hydrogen-bond acceptors (Lipinski definition) is 5. The second kappa shape index (κ2) is 8.40. The van der Waals surface area contributed by atoms with Gasteiger partial charge in [0.2, 0.25) is 0 Å². The number of H-pyrrole nitrogens is 1. The molecular formula is C25H19ClN2O4. The van der Waals surface area contributed by atoms with Crippen LogP contribution in [0.25, 0.3) is 11.1 Å². The Bertz CT molecular complexity index is 1390. The first-order valence-corrected chi connectivity index (χ1v) is 10.5. The van der Waals surface area contributed by atoms with Crippen molar-refractivity contribution in [1.29, 1.82) is 0 Å². The molecule has 0 radical (unpaired) electrons.